The largest absolute Gasteiger partial charge is 0.457 e. The van der Waals surface area contributed by atoms with E-state index in [-0.39, 0.29) is 23.3 Å². The quantitative estimate of drug-likeness (QED) is 0.502. The van der Waals surface area contributed by atoms with E-state index < -0.39 is 6.35 Å². The molecule has 1 aliphatic carbocycles. The number of furan rings is 1. The molecule has 4 rings (SSSR count). The highest BCUT2D eigenvalue weighted by molar-refractivity contribution is 6.34. The third-order valence-corrected chi connectivity index (χ3v) is 6.03. The number of hydrogen-bond donors (Lipinski definition) is 2. The van der Waals surface area contributed by atoms with E-state index in [4.69, 9.17) is 27.6 Å². The molecule has 2 heterocycles. The Morgan fingerprint density at radius 3 is 2.74 bits per heavy atom. The molecule has 2 unspecified atom stereocenters. The van der Waals surface area contributed by atoms with Crippen LogP contribution in [0.3, 0.4) is 0 Å². The molecule has 1 aliphatic heterocycles. The van der Waals surface area contributed by atoms with Gasteiger partial charge in [-0.05, 0) is 49.6 Å². The Labute approximate surface area is 189 Å². The predicted molar refractivity (Wildman–Crippen MR) is 119 cm³/mol. The Morgan fingerprint density at radius 1 is 1.29 bits per heavy atom. The minimum absolute atomic E-state index is 0.117. The number of allylic oxidation sites excluding steroid dienone is 3. The molecule has 2 atom stereocenters. The van der Waals surface area contributed by atoms with Crippen LogP contribution < -0.4 is 5.32 Å². The Bertz CT molecular complexity index is 1160. The molecule has 1 saturated heterocycles. The summed E-state index contributed by atoms with van der Waals surface area (Å²) < 4.78 is 5.82. The highest BCUT2D eigenvalue weighted by Gasteiger charge is 2.36. The van der Waals surface area contributed by atoms with Crippen molar-refractivity contribution >= 4 is 41.0 Å². The van der Waals surface area contributed by atoms with Crippen molar-refractivity contribution in [1.82, 2.24) is 10.2 Å². The molecule has 1 amide bonds. The van der Waals surface area contributed by atoms with E-state index in [1.165, 1.54) is 17.9 Å². The van der Waals surface area contributed by atoms with Gasteiger partial charge in [-0.3, -0.25) is 14.5 Å². The predicted octanol–water partition coefficient (Wildman–Crippen LogP) is 4.90. The molecule has 8 heteroatoms. The minimum atomic E-state index is -1.20. The summed E-state index contributed by atoms with van der Waals surface area (Å²) in [7, 11) is 0. The minimum Gasteiger partial charge on any atom is -0.457 e. The third kappa shape index (κ3) is 4.19. The van der Waals surface area contributed by atoms with Crippen molar-refractivity contribution in [2.75, 3.05) is 0 Å². The zero-order valence-corrected chi connectivity index (χ0v) is 18.4. The van der Waals surface area contributed by atoms with Crippen LogP contribution in [0.2, 0.25) is 5.02 Å². The van der Waals surface area contributed by atoms with Gasteiger partial charge < -0.3 is 14.8 Å². The summed E-state index contributed by atoms with van der Waals surface area (Å²) in [6.45, 7) is 3.45. The van der Waals surface area contributed by atoms with Crippen LogP contribution in [0.4, 0.5) is 0 Å². The molecular formula is C23H20Cl2N2O4. The van der Waals surface area contributed by atoms with Crippen LogP contribution in [0.25, 0.3) is 17.4 Å². The number of nitrogens with zero attached hydrogens (tertiary/aromatic N) is 1. The van der Waals surface area contributed by atoms with E-state index in [9.17, 15) is 14.7 Å². The van der Waals surface area contributed by atoms with Gasteiger partial charge in [0.05, 0.1) is 5.02 Å². The third-order valence-electron chi connectivity index (χ3n) is 5.24. The zero-order valence-electron chi connectivity index (χ0n) is 16.9. The number of amides is 1. The maximum Gasteiger partial charge on any atom is 0.278 e. The van der Waals surface area contributed by atoms with Gasteiger partial charge in [-0.2, -0.15) is 0 Å². The van der Waals surface area contributed by atoms with E-state index in [1.54, 1.807) is 36.4 Å². The monoisotopic (exact) mass is 458 g/mol. The molecule has 2 aromatic rings. The van der Waals surface area contributed by atoms with E-state index in [0.717, 1.165) is 0 Å². The van der Waals surface area contributed by atoms with Crippen molar-refractivity contribution in [2.45, 2.75) is 26.6 Å². The first-order valence-electron chi connectivity index (χ1n) is 9.72. The lowest BCUT2D eigenvalue weighted by Crippen LogP contribution is -2.36. The molecule has 0 saturated carbocycles. The van der Waals surface area contributed by atoms with Gasteiger partial charge in [-0.15, -0.1) is 0 Å². The number of ketones is 1. The van der Waals surface area contributed by atoms with Crippen molar-refractivity contribution in [3.8, 4) is 11.3 Å². The second-order valence-corrected chi connectivity index (χ2v) is 8.34. The maximum atomic E-state index is 12.9. The van der Waals surface area contributed by atoms with Crippen LogP contribution in [0, 0.1) is 5.92 Å². The SMILES string of the molecule is CC(=O)c1ccc(-c2ccc(/C=C3/NC(O)N(C4=CCC(C)C(Cl)=C4)C3=O)o2)cc1Cl. The Balaban J connectivity index is 1.57. The molecule has 6 nitrogen and oxygen atoms in total. The lowest BCUT2D eigenvalue weighted by molar-refractivity contribution is -0.128. The van der Waals surface area contributed by atoms with Gasteiger partial charge in [0.15, 0.2) is 5.78 Å². The molecule has 0 radical (unpaired) electrons. The van der Waals surface area contributed by atoms with Crippen LogP contribution in [-0.2, 0) is 4.79 Å². The lowest BCUT2D eigenvalue weighted by Gasteiger charge is -2.24. The fourth-order valence-corrected chi connectivity index (χ4v) is 3.98. The van der Waals surface area contributed by atoms with Crippen molar-refractivity contribution in [3.05, 3.63) is 75.3 Å². The topological polar surface area (TPSA) is 82.8 Å². The fourth-order valence-electron chi connectivity index (χ4n) is 3.47. The average Bonchev–Trinajstić information content (AvgIpc) is 3.28. The highest BCUT2D eigenvalue weighted by Crippen LogP contribution is 2.32. The van der Waals surface area contributed by atoms with E-state index >= 15 is 0 Å². The van der Waals surface area contributed by atoms with Gasteiger partial charge in [0, 0.05) is 27.9 Å². The number of halogens is 2. The van der Waals surface area contributed by atoms with Crippen molar-refractivity contribution in [1.29, 1.82) is 0 Å². The normalized spacial score (nSPS) is 22.4. The van der Waals surface area contributed by atoms with Crippen LogP contribution in [0.1, 0.15) is 36.4 Å². The highest BCUT2D eigenvalue weighted by atomic mass is 35.5. The summed E-state index contributed by atoms with van der Waals surface area (Å²) in [5, 5.41) is 14.1. The standard InChI is InChI=1S/C23H20Cl2N2O4/c1-12-3-5-15(10-18(12)24)27-22(29)20(26-23(27)30)11-16-6-8-21(31-16)14-4-7-17(13(2)28)19(25)9-14/h4-12,23,26,30H,3H2,1-2H3/b20-11+. The molecule has 31 heavy (non-hydrogen) atoms. The average molecular weight is 459 g/mol. The molecule has 1 aromatic carbocycles. The summed E-state index contributed by atoms with van der Waals surface area (Å²) >= 11 is 12.4. The number of benzene rings is 1. The number of aliphatic hydroxyl groups excluding tert-OH is 1. The molecule has 1 fully saturated rings. The second-order valence-electron chi connectivity index (χ2n) is 7.50. The van der Waals surface area contributed by atoms with Crippen molar-refractivity contribution in [3.63, 3.8) is 0 Å². The molecule has 0 bridgehead atoms. The van der Waals surface area contributed by atoms with Crippen LogP contribution in [0.5, 0.6) is 0 Å². The first kappa shape index (κ1) is 21.4. The van der Waals surface area contributed by atoms with Gasteiger partial charge in [-0.1, -0.05) is 42.3 Å². The smallest absolute Gasteiger partial charge is 0.278 e. The van der Waals surface area contributed by atoms with Crippen molar-refractivity contribution in [2.24, 2.45) is 5.92 Å². The molecule has 2 aliphatic rings. The number of nitrogens with one attached hydrogen (secondary N) is 1. The summed E-state index contributed by atoms with van der Waals surface area (Å²) in [6.07, 6.45) is 4.58. The lowest BCUT2D eigenvalue weighted by atomic mass is 10.0. The maximum absolute atomic E-state index is 12.9. The van der Waals surface area contributed by atoms with Gasteiger partial charge in [0.1, 0.15) is 17.2 Å². The van der Waals surface area contributed by atoms with E-state index in [2.05, 4.69) is 5.32 Å². The molecule has 2 N–H and O–H groups in total. The van der Waals surface area contributed by atoms with Gasteiger partial charge >= 0.3 is 0 Å². The van der Waals surface area contributed by atoms with E-state index in [0.29, 0.717) is 44.8 Å². The summed E-state index contributed by atoms with van der Waals surface area (Å²) in [6, 6.07) is 8.50. The van der Waals surface area contributed by atoms with Crippen LogP contribution in [-0.4, -0.2) is 28.0 Å². The molecule has 0 spiro atoms. The summed E-state index contributed by atoms with van der Waals surface area (Å²) in [5.41, 5.74) is 1.89. The fraction of sp³-hybridized carbons (Fsp3) is 0.217. The van der Waals surface area contributed by atoms with Crippen LogP contribution >= 0.6 is 23.2 Å². The Morgan fingerprint density at radius 2 is 2.06 bits per heavy atom. The van der Waals surface area contributed by atoms with E-state index in [1.807, 2.05) is 13.0 Å². The first-order valence-corrected chi connectivity index (χ1v) is 10.5. The summed E-state index contributed by atoms with van der Waals surface area (Å²) in [4.78, 5) is 25.7. The Hall–Kier alpha value is -2.80. The van der Waals surface area contributed by atoms with Gasteiger partial charge in [0.25, 0.3) is 5.91 Å². The summed E-state index contributed by atoms with van der Waals surface area (Å²) in [5.74, 6) is 0.634. The number of Topliss-reactive ketones (excluding diaryl/α,β-unsaturated/α-hetero) is 1. The van der Waals surface area contributed by atoms with Gasteiger partial charge in [0.2, 0.25) is 6.35 Å². The Kier molecular flexibility index (Phi) is 5.79. The van der Waals surface area contributed by atoms with Crippen molar-refractivity contribution < 1.29 is 19.1 Å². The molecule has 1 aromatic heterocycles. The molecule has 160 valence electrons. The molecular weight excluding hydrogens is 439 g/mol. The van der Waals surface area contributed by atoms with Gasteiger partial charge in [-0.25, -0.2) is 0 Å². The number of rotatable bonds is 4. The number of aliphatic hydroxyl groups is 1. The number of carbonyl (C=O) groups is 2. The number of carbonyl (C=O) groups excluding carboxylic acids is 2. The second kappa shape index (κ2) is 8.38. The zero-order chi connectivity index (χ0) is 22.3. The first-order chi connectivity index (χ1) is 14.7. The van der Waals surface area contributed by atoms with Crippen LogP contribution in [0.15, 0.2) is 63.3 Å². The number of hydrogen-bond acceptors (Lipinski definition) is 5.